The molecule has 2 atom stereocenters. The predicted octanol–water partition coefficient (Wildman–Crippen LogP) is 2.46. The lowest BCUT2D eigenvalue weighted by molar-refractivity contribution is 0.147. The number of nitrogens with zero attached hydrogens (tertiary/aromatic N) is 2. The number of amides is 1. The maximum absolute atomic E-state index is 13.6. The molecule has 1 saturated heterocycles. The molecule has 4 nitrogen and oxygen atoms in total. The van der Waals surface area contributed by atoms with Gasteiger partial charge in [-0.25, -0.2) is 18.0 Å². The second-order valence-electron chi connectivity index (χ2n) is 4.27. The van der Waals surface area contributed by atoms with Crippen LogP contribution in [-0.4, -0.2) is 28.7 Å². The average Bonchev–Trinajstić information content (AvgIpc) is 2.78. The summed E-state index contributed by atoms with van der Waals surface area (Å²) in [5, 5.41) is 17.7. The second-order valence-corrected chi connectivity index (χ2v) is 4.27. The zero-order valence-corrected chi connectivity index (χ0v) is 9.61. The van der Waals surface area contributed by atoms with Gasteiger partial charge < -0.3 is 5.11 Å². The number of carbonyl (C=O) groups is 1. The van der Waals surface area contributed by atoms with Crippen LogP contribution in [0.25, 0.3) is 0 Å². The highest BCUT2D eigenvalue weighted by molar-refractivity contribution is 5.66. The Morgan fingerprint density at radius 1 is 1.37 bits per heavy atom. The maximum atomic E-state index is 13.6. The molecule has 0 saturated carbocycles. The molecule has 1 aromatic rings. The highest BCUT2D eigenvalue weighted by atomic mass is 19.2. The van der Waals surface area contributed by atoms with Crippen molar-refractivity contribution >= 4 is 6.09 Å². The van der Waals surface area contributed by atoms with Crippen molar-refractivity contribution in [2.24, 2.45) is 0 Å². The average molecular weight is 270 g/mol. The Hall–Kier alpha value is -2.23. The summed E-state index contributed by atoms with van der Waals surface area (Å²) in [5.41, 5.74) is -0.496. The van der Waals surface area contributed by atoms with Crippen molar-refractivity contribution in [2.45, 2.75) is 18.4 Å². The van der Waals surface area contributed by atoms with E-state index in [1.807, 2.05) is 0 Å². The summed E-state index contributed by atoms with van der Waals surface area (Å²) in [6.45, 7) is -0.231. The fraction of sp³-hybridized carbons (Fsp3) is 0.333. The zero-order valence-electron chi connectivity index (χ0n) is 9.61. The Kier molecular flexibility index (Phi) is 3.34. The van der Waals surface area contributed by atoms with E-state index in [4.69, 9.17) is 10.4 Å². The third-order valence-electron chi connectivity index (χ3n) is 3.18. The molecule has 100 valence electrons. The smallest absolute Gasteiger partial charge is 0.408 e. The van der Waals surface area contributed by atoms with Gasteiger partial charge in [-0.15, -0.1) is 0 Å². The molecular weight excluding hydrogens is 261 g/mol. The molecule has 0 aliphatic carbocycles. The summed E-state index contributed by atoms with van der Waals surface area (Å²) >= 11 is 0. The molecule has 1 aliphatic rings. The highest BCUT2D eigenvalue weighted by Gasteiger charge is 2.38. The minimum absolute atomic E-state index is 0.0555. The van der Waals surface area contributed by atoms with Crippen LogP contribution >= 0.6 is 0 Å². The first-order chi connectivity index (χ1) is 8.95. The van der Waals surface area contributed by atoms with Gasteiger partial charge in [0.2, 0.25) is 0 Å². The van der Waals surface area contributed by atoms with Gasteiger partial charge in [0.05, 0.1) is 6.07 Å². The molecule has 2 rings (SSSR count). The van der Waals surface area contributed by atoms with Crippen molar-refractivity contribution in [3.63, 3.8) is 0 Å². The number of carboxylic acid groups (broad SMARTS) is 1. The van der Waals surface area contributed by atoms with Gasteiger partial charge >= 0.3 is 6.09 Å². The topological polar surface area (TPSA) is 64.3 Å². The first-order valence-corrected chi connectivity index (χ1v) is 5.48. The molecule has 0 aromatic heterocycles. The van der Waals surface area contributed by atoms with Crippen LogP contribution in [0.4, 0.5) is 18.0 Å². The van der Waals surface area contributed by atoms with Gasteiger partial charge in [0, 0.05) is 18.0 Å². The lowest BCUT2D eigenvalue weighted by Gasteiger charge is -2.15. The monoisotopic (exact) mass is 270 g/mol. The van der Waals surface area contributed by atoms with Crippen molar-refractivity contribution < 1.29 is 23.1 Å². The van der Waals surface area contributed by atoms with Crippen LogP contribution in [-0.2, 0) is 0 Å². The molecule has 1 aliphatic heterocycles. The van der Waals surface area contributed by atoms with E-state index in [2.05, 4.69) is 0 Å². The summed E-state index contributed by atoms with van der Waals surface area (Å²) in [4.78, 5) is 11.7. The summed E-state index contributed by atoms with van der Waals surface area (Å²) in [6.07, 6.45) is -1.40. The standard InChI is InChI=1S/C12H9F3N2O2/c13-8-1-2-9(14)11(15)10(8)6-3-7(4-16)17(5-6)12(18)19/h1-2,6-7H,3,5H2,(H,18,19)/t6-,7?/m0/s1. The Bertz CT molecular complexity index is 571. The minimum Gasteiger partial charge on any atom is -0.465 e. The molecule has 0 bridgehead atoms. The van der Waals surface area contributed by atoms with Gasteiger partial charge in [-0.3, -0.25) is 4.90 Å². The van der Waals surface area contributed by atoms with Gasteiger partial charge in [0.15, 0.2) is 11.6 Å². The number of benzene rings is 1. The molecule has 1 N–H and O–H groups in total. The highest BCUT2D eigenvalue weighted by Crippen LogP contribution is 2.35. The molecule has 0 spiro atoms. The van der Waals surface area contributed by atoms with Crippen LogP contribution in [0.1, 0.15) is 17.9 Å². The van der Waals surface area contributed by atoms with Crippen molar-refractivity contribution in [1.82, 2.24) is 4.90 Å². The van der Waals surface area contributed by atoms with Crippen molar-refractivity contribution in [2.75, 3.05) is 6.54 Å². The van der Waals surface area contributed by atoms with Gasteiger partial charge in [-0.05, 0) is 18.6 Å². The van der Waals surface area contributed by atoms with Crippen LogP contribution in [0.3, 0.4) is 0 Å². The molecule has 1 amide bonds. The molecule has 1 fully saturated rings. The fourth-order valence-corrected chi connectivity index (χ4v) is 2.30. The van der Waals surface area contributed by atoms with E-state index in [9.17, 15) is 18.0 Å². The van der Waals surface area contributed by atoms with Crippen LogP contribution in [0.5, 0.6) is 0 Å². The van der Waals surface area contributed by atoms with E-state index in [1.54, 1.807) is 6.07 Å². The van der Waals surface area contributed by atoms with E-state index in [0.29, 0.717) is 6.07 Å². The summed E-state index contributed by atoms with van der Waals surface area (Å²) < 4.78 is 40.3. The van der Waals surface area contributed by atoms with Crippen LogP contribution < -0.4 is 0 Å². The van der Waals surface area contributed by atoms with Crippen molar-refractivity contribution in [3.8, 4) is 6.07 Å². The van der Waals surface area contributed by atoms with E-state index in [-0.39, 0.29) is 13.0 Å². The van der Waals surface area contributed by atoms with Crippen LogP contribution in [0.2, 0.25) is 0 Å². The van der Waals surface area contributed by atoms with E-state index in [1.165, 1.54) is 0 Å². The molecule has 7 heteroatoms. The first kappa shape index (κ1) is 13.2. The van der Waals surface area contributed by atoms with E-state index in [0.717, 1.165) is 11.0 Å². The molecular formula is C12H9F3N2O2. The predicted molar refractivity (Wildman–Crippen MR) is 57.8 cm³/mol. The lowest BCUT2D eigenvalue weighted by Crippen LogP contribution is -2.33. The summed E-state index contributed by atoms with van der Waals surface area (Å²) in [7, 11) is 0. The zero-order chi connectivity index (χ0) is 14.2. The maximum Gasteiger partial charge on any atom is 0.408 e. The normalized spacial score (nSPS) is 22.3. The molecule has 0 radical (unpaired) electrons. The SMILES string of the molecule is N#CC1C[C@H](c2c(F)ccc(F)c2F)CN1C(=O)O. The molecule has 1 heterocycles. The Balaban J connectivity index is 2.38. The third kappa shape index (κ3) is 2.21. The Morgan fingerprint density at radius 3 is 2.53 bits per heavy atom. The van der Waals surface area contributed by atoms with E-state index >= 15 is 0 Å². The fourth-order valence-electron chi connectivity index (χ4n) is 2.30. The third-order valence-corrected chi connectivity index (χ3v) is 3.18. The first-order valence-electron chi connectivity index (χ1n) is 5.48. The van der Waals surface area contributed by atoms with E-state index < -0.39 is 41.1 Å². The molecule has 1 aromatic carbocycles. The largest absolute Gasteiger partial charge is 0.465 e. The lowest BCUT2D eigenvalue weighted by atomic mass is 9.95. The minimum atomic E-state index is -1.34. The van der Waals surface area contributed by atoms with Crippen molar-refractivity contribution in [3.05, 3.63) is 35.1 Å². The van der Waals surface area contributed by atoms with Gasteiger partial charge in [0.25, 0.3) is 0 Å². The number of likely N-dealkylation sites (tertiary alicyclic amines) is 1. The van der Waals surface area contributed by atoms with Gasteiger partial charge in [-0.2, -0.15) is 5.26 Å². The van der Waals surface area contributed by atoms with Crippen molar-refractivity contribution in [1.29, 1.82) is 5.26 Å². The molecule has 1 unspecified atom stereocenters. The van der Waals surface area contributed by atoms with Gasteiger partial charge in [-0.1, -0.05) is 0 Å². The van der Waals surface area contributed by atoms with Crippen LogP contribution in [0.15, 0.2) is 12.1 Å². The Labute approximate surface area is 106 Å². The quantitative estimate of drug-likeness (QED) is 0.797. The van der Waals surface area contributed by atoms with Crippen LogP contribution in [0, 0.1) is 28.8 Å². The number of hydrogen-bond donors (Lipinski definition) is 1. The van der Waals surface area contributed by atoms with Gasteiger partial charge in [0.1, 0.15) is 11.9 Å². The summed E-state index contributed by atoms with van der Waals surface area (Å²) in [6, 6.07) is 2.23. The number of hydrogen-bond acceptors (Lipinski definition) is 2. The summed E-state index contributed by atoms with van der Waals surface area (Å²) in [5.74, 6) is -4.32. The Morgan fingerprint density at radius 2 is 2.00 bits per heavy atom. The second kappa shape index (κ2) is 4.80. The molecule has 19 heavy (non-hydrogen) atoms. The number of nitriles is 1. The number of halogens is 3. The number of rotatable bonds is 1.